The summed E-state index contributed by atoms with van der Waals surface area (Å²) in [5.41, 5.74) is 1.47. The molecule has 5 nitrogen and oxygen atoms in total. The first-order chi connectivity index (χ1) is 11.8. The molecule has 1 amide bonds. The lowest BCUT2D eigenvalue weighted by Crippen LogP contribution is -2.32. The average Bonchev–Trinajstić information content (AvgIpc) is 2.54. The molecule has 0 heterocycles. The van der Waals surface area contributed by atoms with Crippen molar-refractivity contribution in [2.75, 3.05) is 19.9 Å². The third-order valence-corrected chi connectivity index (χ3v) is 5.60. The minimum Gasteiger partial charge on any atom is -0.496 e. The third kappa shape index (κ3) is 5.86. The third-order valence-electron chi connectivity index (χ3n) is 3.64. The number of benzene rings is 2. The number of carbonyl (C=O) groups excluding carboxylic acids is 1. The molecule has 2 rings (SSSR count). The molecule has 0 saturated carbocycles. The number of sulfone groups is 1. The summed E-state index contributed by atoms with van der Waals surface area (Å²) in [7, 11) is -0.402. The van der Waals surface area contributed by atoms with Crippen LogP contribution in [0.15, 0.2) is 53.0 Å². The van der Waals surface area contributed by atoms with Crippen LogP contribution in [-0.4, -0.2) is 39.1 Å². The molecular formula is C18H20BrNO4S. The van der Waals surface area contributed by atoms with Crippen molar-refractivity contribution in [2.45, 2.75) is 12.3 Å². The minimum atomic E-state index is -3.55. The second-order valence-corrected chi connectivity index (χ2v) is 8.70. The number of ether oxygens (including phenoxy) is 1. The number of carbonyl (C=O) groups is 1. The van der Waals surface area contributed by atoms with Gasteiger partial charge in [-0.3, -0.25) is 4.79 Å². The molecule has 7 heteroatoms. The van der Waals surface area contributed by atoms with Crippen LogP contribution in [0.2, 0.25) is 0 Å². The molecule has 0 N–H and O–H groups in total. The highest BCUT2D eigenvalue weighted by Crippen LogP contribution is 2.19. The van der Waals surface area contributed by atoms with Crippen LogP contribution in [0.25, 0.3) is 0 Å². The van der Waals surface area contributed by atoms with Crippen molar-refractivity contribution in [3.8, 4) is 5.75 Å². The monoisotopic (exact) mass is 425 g/mol. The van der Waals surface area contributed by atoms with Crippen molar-refractivity contribution < 1.29 is 17.9 Å². The largest absolute Gasteiger partial charge is 0.496 e. The highest BCUT2D eigenvalue weighted by atomic mass is 79.9. The fourth-order valence-corrected chi connectivity index (χ4v) is 4.24. The minimum absolute atomic E-state index is 0.166. The molecule has 0 atom stereocenters. The maximum Gasteiger partial charge on any atom is 0.237 e. The fourth-order valence-electron chi connectivity index (χ4n) is 2.41. The van der Waals surface area contributed by atoms with Gasteiger partial charge in [-0.2, -0.15) is 0 Å². The van der Waals surface area contributed by atoms with Gasteiger partial charge in [0, 0.05) is 23.6 Å². The number of methoxy groups -OCH3 is 1. The second kappa shape index (κ2) is 8.49. The van der Waals surface area contributed by atoms with E-state index < -0.39 is 21.5 Å². The van der Waals surface area contributed by atoms with E-state index in [1.54, 1.807) is 38.4 Å². The van der Waals surface area contributed by atoms with Crippen LogP contribution in [0.4, 0.5) is 0 Å². The van der Waals surface area contributed by atoms with Gasteiger partial charge in [0.05, 0.1) is 12.9 Å². The van der Waals surface area contributed by atoms with E-state index in [1.807, 2.05) is 24.3 Å². The molecule has 0 aliphatic rings. The van der Waals surface area contributed by atoms with Gasteiger partial charge >= 0.3 is 0 Å². The zero-order chi connectivity index (χ0) is 18.4. The summed E-state index contributed by atoms with van der Waals surface area (Å²) in [4.78, 5) is 13.7. The van der Waals surface area contributed by atoms with Crippen molar-refractivity contribution >= 4 is 31.7 Å². The lowest BCUT2D eigenvalue weighted by Gasteiger charge is -2.19. The number of nitrogens with zero attached hydrogens (tertiary/aromatic N) is 1. The van der Waals surface area contributed by atoms with Gasteiger partial charge in [0.15, 0.2) is 9.84 Å². The molecule has 0 fully saturated rings. The van der Waals surface area contributed by atoms with Gasteiger partial charge in [-0.15, -0.1) is 0 Å². The Labute approximate surface area is 156 Å². The summed E-state index contributed by atoms with van der Waals surface area (Å²) in [6.45, 7) is 0.287. The molecule has 134 valence electrons. The van der Waals surface area contributed by atoms with E-state index in [0.29, 0.717) is 11.3 Å². The molecule has 0 aliphatic carbocycles. The summed E-state index contributed by atoms with van der Waals surface area (Å²) >= 11 is 3.31. The summed E-state index contributed by atoms with van der Waals surface area (Å²) in [6, 6.07) is 14.4. The zero-order valence-corrected chi connectivity index (χ0v) is 16.5. The number of halogens is 1. The molecule has 0 saturated heterocycles. The molecule has 2 aromatic carbocycles. The van der Waals surface area contributed by atoms with Crippen LogP contribution in [0.1, 0.15) is 11.1 Å². The summed E-state index contributed by atoms with van der Waals surface area (Å²) in [5.74, 6) is -0.466. The molecule has 0 radical (unpaired) electrons. The van der Waals surface area contributed by atoms with Crippen molar-refractivity contribution in [2.24, 2.45) is 0 Å². The molecule has 25 heavy (non-hydrogen) atoms. The first-order valence-corrected chi connectivity index (χ1v) is 10.2. The van der Waals surface area contributed by atoms with Crippen LogP contribution in [0, 0.1) is 0 Å². The van der Waals surface area contributed by atoms with E-state index in [9.17, 15) is 13.2 Å². The van der Waals surface area contributed by atoms with E-state index in [2.05, 4.69) is 15.9 Å². The highest BCUT2D eigenvalue weighted by molar-refractivity contribution is 9.10. The highest BCUT2D eigenvalue weighted by Gasteiger charge is 2.21. The van der Waals surface area contributed by atoms with Gasteiger partial charge in [-0.1, -0.05) is 46.3 Å². The van der Waals surface area contributed by atoms with Crippen molar-refractivity contribution in [1.82, 2.24) is 4.90 Å². The van der Waals surface area contributed by atoms with Crippen LogP contribution in [0.5, 0.6) is 5.75 Å². The van der Waals surface area contributed by atoms with Crippen LogP contribution >= 0.6 is 15.9 Å². The van der Waals surface area contributed by atoms with Crippen molar-refractivity contribution in [3.05, 3.63) is 64.1 Å². The predicted octanol–water partition coefficient (Wildman–Crippen LogP) is 3.03. The average molecular weight is 426 g/mol. The Bertz CT molecular complexity index is 852. The Morgan fingerprint density at radius 2 is 1.88 bits per heavy atom. The first kappa shape index (κ1) is 19.5. The summed E-state index contributed by atoms with van der Waals surface area (Å²) in [5, 5.41) is 0. The first-order valence-electron chi connectivity index (χ1n) is 7.61. The predicted molar refractivity (Wildman–Crippen MR) is 101 cm³/mol. The van der Waals surface area contributed by atoms with E-state index >= 15 is 0 Å². The van der Waals surface area contributed by atoms with Crippen molar-refractivity contribution in [3.63, 3.8) is 0 Å². The van der Waals surface area contributed by atoms with E-state index in [1.165, 1.54) is 4.90 Å². The summed E-state index contributed by atoms with van der Waals surface area (Å²) in [6.07, 6.45) is 0. The van der Waals surface area contributed by atoms with Gasteiger partial charge < -0.3 is 9.64 Å². The van der Waals surface area contributed by atoms with Crippen LogP contribution in [0.3, 0.4) is 0 Å². The molecule has 0 aliphatic heterocycles. The quantitative estimate of drug-likeness (QED) is 0.683. The lowest BCUT2D eigenvalue weighted by atomic mass is 10.2. The fraction of sp³-hybridized carbons (Fsp3) is 0.278. The maximum absolute atomic E-state index is 12.3. The second-order valence-electron chi connectivity index (χ2n) is 5.72. The van der Waals surface area contributed by atoms with Gasteiger partial charge in [-0.05, 0) is 23.8 Å². The number of para-hydroxylation sites is 1. The van der Waals surface area contributed by atoms with Crippen LogP contribution in [-0.2, 0) is 26.9 Å². The smallest absolute Gasteiger partial charge is 0.237 e. The van der Waals surface area contributed by atoms with Crippen molar-refractivity contribution in [1.29, 1.82) is 0 Å². The lowest BCUT2D eigenvalue weighted by molar-refractivity contribution is -0.127. The van der Waals surface area contributed by atoms with Crippen LogP contribution < -0.4 is 4.74 Å². The number of amides is 1. The molecule has 0 spiro atoms. The van der Waals surface area contributed by atoms with E-state index in [-0.39, 0.29) is 12.3 Å². The Morgan fingerprint density at radius 1 is 1.16 bits per heavy atom. The van der Waals surface area contributed by atoms with Gasteiger partial charge in [0.2, 0.25) is 5.91 Å². The number of hydrogen-bond donors (Lipinski definition) is 0. The summed E-state index contributed by atoms with van der Waals surface area (Å²) < 4.78 is 30.7. The SMILES string of the molecule is COc1ccccc1CN(C)C(=O)CS(=O)(=O)Cc1cccc(Br)c1. The Morgan fingerprint density at radius 3 is 2.56 bits per heavy atom. The Kier molecular flexibility index (Phi) is 6.61. The van der Waals surface area contributed by atoms with Gasteiger partial charge in [-0.25, -0.2) is 8.42 Å². The van der Waals surface area contributed by atoms with E-state index in [4.69, 9.17) is 4.74 Å². The Hall–Kier alpha value is -1.86. The normalized spacial score (nSPS) is 11.2. The molecule has 0 bridgehead atoms. The topological polar surface area (TPSA) is 63.7 Å². The molecule has 0 aromatic heterocycles. The Balaban J connectivity index is 2.02. The van der Waals surface area contributed by atoms with E-state index in [0.717, 1.165) is 10.0 Å². The molecule has 0 unspecified atom stereocenters. The number of rotatable bonds is 7. The zero-order valence-electron chi connectivity index (χ0n) is 14.1. The van der Waals surface area contributed by atoms with Gasteiger partial charge in [0.1, 0.15) is 11.5 Å². The molecular weight excluding hydrogens is 406 g/mol. The number of hydrogen-bond acceptors (Lipinski definition) is 4. The maximum atomic E-state index is 12.3. The standard InChI is InChI=1S/C18H20BrNO4S/c1-20(11-15-7-3-4-9-17(15)24-2)18(21)13-25(22,23)12-14-6-5-8-16(19)10-14/h3-10H,11-13H2,1-2H3. The van der Waals surface area contributed by atoms with Gasteiger partial charge in [0.25, 0.3) is 0 Å². The molecule has 2 aromatic rings.